The number of carbonyl (C=O) groups is 2. The maximum Gasteiger partial charge on any atom is 0.307 e. The fraction of sp³-hybridized carbons (Fsp3) is 0.800. The third-order valence-electron chi connectivity index (χ3n) is 3.75. The Labute approximate surface area is 81.9 Å². The van der Waals surface area contributed by atoms with Crippen molar-refractivity contribution in [1.29, 1.82) is 0 Å². The molecule has 0 aromatic heterocycles. The molecule has 0 aromatic carbocycles. The zero-order valence-electron chi connectivity index (χ0n) is 7.85. The molecule has 0 spiro atoms. The van der Waals surface area contributed by atoms with Crippen molar-refractivity contribution in [2.24, 2.45) is 23.7 Å². The van der Waals surface area contributed by atoms with Crippen LogP contribution in [0.4, 0.5) is 0 Å². The molecule has 4 nitrogen and oxygen atoms in total. The van der Waals surface area contributed by atoms with Gasteiger partial charge in [0, 0.05) is 0 Å². The molecule has 2 fully saturated rings. The van der Waals surface area contributed by atoms with E-state index >= 15 is 0 Å². The van der Waals surface area contributed by atoms with Gasteiger partial charge in [0.2, 0.25) is 0 Å². The van der Waals surface area contributed by atoms with Gasteiger partial charge in [-0.15, -0.1) is 0 Å². The van der Waals surface area contributed by atoms with E-state index in [0.717, 1.165) is 25.7 Å². The van der Waals surface area contributed by atoms with Gasteiger partial charge in [-0.2, -0.15) is 0 Å². The van der Waals surface area contributed by atoms with E-state index in [1.54, 1.807) is 0 Å². The number of carboxylic acids is 2. The summed E-state index contributed by atoms with van der Waals surface area (Å²) < 4.78 is 0. The zero-order valence-corrected chi connectivity index (χ0v) is 7.85. The van der Waals surface area contributed by atoms with E-state index < -0.39 is 23.8 Å². The Morgan fingerprint density at radius 2 is 1.21 bits per heavy atom. The van der Waals surface area contributed by atoms with Gasteiger partial charge in [-0.1, -0.05) is 12.8 Å². The highest BCUT2D eigenvalue weighted by Gasteiger charge is 2.57. The predicted molar refractivity (Wildman–Crippen MR) is 47.7 cm³/mol. The number of rotatable bonds is 2. The molecule has 14 heavy (non-hydrogen) atoms. The van der Waals surface area contributed by atoms with Gasteiger partial charge in [0.1, 0.15) is 0 Å². The van der Waals surface area contributed by atoms with Gasteiger partial charge < -0.3 is 10.2 Å². The minimum absolute atomic E-state index is 0.127. The zero-order chi connectivity index (χ0) is 10.3. The third-order valence-corrected chi connectivity index (χ3v) is 3.75. The maximum atomic E-state index is 10.9. The Morgan fingerprint density at radius 1 is 0.857 bits per heavy atom. The highest BCUT2D eigenvalue weighted by atomic mass is 16.4. The van der Waals surface area contributed by atoms with Crippen molar-refractivity contribution >= 4 is 11.9 Å². The summed E-state index contributed by atoms with van der Waals surface area (Å²) in [6.45, 7) is 0. The van der Waals surface area contributed by atoms with Crippen LogP contribution in [0.3, 0.4) is 0 Å². The lowest BCUT2D eigenvalue weighted by atomic mass is 9.52. The van der Waals surface area contributed by atoms with Crippen molar-refractivity contribution < 1.29 is 19.8 Å². The minimum Gasteiger partial charge on any atom is -0.481 e. The molecule has 0 radical (unpaired) electrons. The number of carboxylic acid groups (broad SMARTS) is 2. The summed E-state index contributed by atoms with van der Waals surface area (Å²) in [6.07, 6.45) is 3.89. The number of aliphatic carboxylic acids is 2. The van der Waals surface area contributed by atoms with Crippen LogP contribution in [0, 0.1) is 23.7 Å². The normalized spacial score (nSPS) is 40.9. The predicted octanol–water partition coefficient (Wildman–Crippen LogP) is 1.21. The Kier molecular flexibility index (Phi) is 2.21. The lowest BCUT2D eigenvalue weighted by Crippen LogP contribution is -2.55. The monoisotopic (exact) mass is 198 g/mol. The number of hydrogen-bond donors (Lipinski definition) is 2. The quantitative estimate of drug-likeness (QED) is 0.699. The lowest BCUT2D eigenvalue weighted by molar-refractivity contribution is -0.178. The summed E-state index contributed by atoms with van der Waals surface area (Å²) >= 11 is 0. The molecule has 0 aromatic rings. The van der Waals surface area contributed by atoms with Gasteiger partial charge in [-0.25, -0.2) is 0 Å². The minimum atomic E-state index is -0.930. The van der Waals surface area contributed by atoms with Crippen molar-refractivity contribution in [3.8, 4) is 0 Å². The molecular formula is C10H14O4. The molecule has 2 saturated carbocycles. The van der Waals surface area contributed by atoms with E-state index in [0.29, 0.717) is 0 Å². The molecule has 0 amide bonds. The molecule has 0 bridgehead atoms. The third kappa shape index (κ3) is 1.21. The summed E-state index contributed by atoms with van der Waals surface area (Å²) in [4.78, 5) is 21.8. The molecule has 4 atom stereocenters. The first kappa shape index (κ1) is 9.49. The number of hydrogen-bond acceptors (Lipinski definition) is 2. The Bertz CT molecular complexity index is 245. The standard InChI is InChI=1S/C10H14O4/c11-9(12)7-5-3-1-2-4-6(5)8(7)10(13)14/h5-8H,1-4H2,(H,11,12)(H,13,14)/t5-,6+,7?,8?. The van der Waals surface area contributed by atoms with E-state index in [1.165, 1.54) is 0 Å². The molecule has 0 saturated heterocycles. The van der Waals surface area contributed by atoms with Crippen LogP contribution < -0.4 is 0 Å². The van der Waals surface area contributed by atoms with Crippen LogP contribution in [0.15, 0.2) is 0 Å². The van der Waals surface area contributed by atoms with E-state index in [4.69, 9.17) is 10.2 Å². The van der Waals surface area contributed by atoms with Gasteiger partial charge in [-0.05, 0) is 24.7 Å². The van der Waals surface area contributed by atoms with E-state index in [2.05, 4.69) is 0 Å². The summed E-state index contributed by atoms with van der Waals surface area (Å²) in [7, 11) is 0. The van der Waals surface area contributed by atoms with Crippen LogP contribution in [0.1, 0.15) is 25.7 Å². The van der Waals surface area contributed by atoms with E-state index in [1.807, 2.05) is 0 Å². The second-order valence-corrected chi connectivity index (χ2v) is 4.34. The van der Waals surface area contributed by atoms with Gasteiger partial charge in [0.25, 0.3) is 0 Å². The Hall–Kier alpha value is -1.06. The van der Waals surface area contributed by atoms with Gasteiger partial charge in [0.05, 0.1) is 11.8 Å². The largest absolute Gasteiger partial charge is 0.481 e. The van der Waals surface area contributed by atoms with Crippen LogP contribution in [0.5, 0.6) is 0 Å². The molecule has 2 N–H and O–H groups in total. The SMILES string of the molecule is O=C(O)C1C(C(=O)O)[C@@H]2CCCC[C@H]12. The first-order valence-corrected chi connectivity index (χ1v) is 5.08. The first-order valence-electron chi connectivity index (χ1n) is 5.08. The lowest BCUT2D eigenvalue weighted by Gasteiger charge is -2.50. The average molecular weight is 198 g/mol. The van der Waals surface area contributed by atoms with Crippen molar-refractivity contribution in [2.75, 3.05) is 0 Å². The number of fused-ring (bicyclic) bond motifs is 1. The van der Waals surface area contributed by atoms with E-state index in [-0.39, 0.29) is 11.8 Å². The topological polar surface area (TPSA) is 74.6 Å². The fourth-order valence-electron chi connectivity index (χ4n) is 3.14. The molecule has 0 aliphatic heterocycles. The van der Waals surface area contributed by atoms with Gasteiger partial charge >= 0.3 is 11.9 Å². The van der Waals surface area contributed by atoms with Crippen molar-refractivity contribution in [1.82, 2.24) is 0 Å². The van der Waals surface area contributed by atoms with Crippen LogP contribution in [0.25, 0.3) is 0 Å². The van der Waals surface area contributed by atoms with E-state index in [9.17, 15) is 9.59 Å². The average Bonchev–Trinajstić information content (AvgIpc) is 2.05. The molecular weight excluding hydrogens is 184 g/mol. The highest BCUT2D eigenvalue weighted by Crippen LogP contribution is 2.53. The Balaban J connectivity index is 2.15. The van der Waals surface area contributed by atoms with Crippen LogP contribution >= 0.6 is 0 Å². The second kappa shape index (κ2) is 3.26. The highest BCUT2D eigenvalue weighted by molar-refractivity contribution is 5.82. The molecule has 2 rings (SSSR count). The summed E-state index contributed by atoms with van der Waals surface area (Å²) in [6, 6.07) is 0. The first-order chi connectivity index (χ1) is 6.63. The van der Waals surface area contributed by atoms with Crippen LogP contribution in [-0.4, -0.2) is 22.2 Å². The van der Waals surface area contributed by atoms with Crippen LogP contribution in [0.2, 0.25) is 0 Å². The maximum absolute atomic E-state index is 10.9. The fourth-order valence-corrected chi connectivity index (χ4v) is 3.14. The Morgan fingerprint density at radius 3 is 1.50 bits per heavy atom. The molecule has 4 heteroatoms. The smallest absolute Gasteiger partial charge is 0.307 e. The molecule has 2 aliphatic rings. The molecule has 2 unspecified atom stereocenters. The molecule has 78 valence electrons. The van der Waals surface area contributed by atoms with Gasteiger partial charge in [-0.3, -0.25) is 9.59 Å². The van der Waals surface area contributed by atoms with Crippen molar-refractivity contribution in [2.45, 2.75) is 25.7 Å². The summed E-state index contributed by atoms with van der Waals surface area (Å²) in [5.41, 5.74) is 0. The summed E-state index contributed by atoms with van der Waals surface area (Å²) in [5.74, 6) is -2.86. The second-order valence-electron chi connectivity index (χ2n) is 4.34. The molecule has 0 heterocycles. The van der Waals surface area contributed by atoms with Crippen molar-refractivity contribution in [3.63, 3.8) is 0 Å². The van der Waals surface area contributed by atoms with Gasteiger partial charge in [0.15, 0.2) is 0 Å². The molecule has 2 aliphatic carbocycles. The summed E-state index contributed by atoms with van der Waals surface area (Å²) in [5, 5.41) is 17.9. The van der Waals surface area contributed by atoms with Crippen molar-refractivity contribution in [3.05, 3.63) is 0 Å². The van der Waals surface area contributed by atoms with Crippen LogP contribution in [-0.2, 0) is 9.59 Å².